The molecular weight excluding hydrogens is 442 g/mol. The molecule has 0 aliphatic rings. The number of carbonyl (C=O) groups is 2. The van der Waals surface area contributed by atoms with Crippen LogP contribution in [0.2, 0.25) is 0 Å². The van der Waals surface area contributed by atoms with Gasteiger partial charge in [-0.15, -0.1) is 0 Å². The van der Waals surface area contributed by atoms with Crippen LogP contribution in [-0.4, -0.2) is 36.7 Å². The molecule has 2 amide bonds. The van der Waals surface area contributed by atoms with Gasteiger partial charge in [0.1, 0.15) is 18.1 Å². The average molecular weight is 468 g/mol. The summed E-state index contributed by atoms with van der Waals surface area (Å²) in [5, 5.41) is 8.48. The maximum Gasteiger partial charge on any atom is 0.257 e. The molecule has 0 unspecified atom stereocenters. The number of carbonyl (C=O) groups excluding carboxylic acids is 2. The van der Waals surface area contributed by atoms with Crippen molar-refractivity contribution in [1.29, 1.82) is 0 Å². The molecule has 0 aliphatic carbocycles. The van der Waals surface area contributed by atoms with Crippen molar-refractivity contribution in [2.45, 2.75) is 13.5 Å². The van der Waals surface area contributed by atoms with Crippen LogP contribution in [0.3, 0.4) is 0 Å². The van der Waals surface area contributed by atoms with Crippen molar-refractivity contribution >= 4 is 34.8 Å². The zero-order valence-corrected chi connectivity index (χ0v) is 18.9. The Morgan fingerprint density at radius 1 is 0.970 bits per heavy atom. The van der Waals surface area contributed by atoms with Crippen molar-refractivity contribution in [3.05, 3.63) is 83.8 Å². The van der Waals surface area contributed by atoms with Crippen LogP contribution in [-0.2, 0) is 11.3 Å². The molecule has 3 N–H and O–H groups in total. The summed E-state index contributed by atoms with van der Waals surface area (Å²) < 4.78 is 16.0. The van der Waals surface area contributed by atoms with Crippen molar-refractivity contribution in [2.24, 2.45) is 0 Å². The highest BCUT2D eigenvalue weighted by Crippen LogP contribution is 2.14. The van der Waals surface area contributed by atoms with Gasteiger partial charge < -0.3 is 24.5 Å². The van der Waals surface area contributed by atoms with Gasteiger partial charge in [-0.05, 0) is 73.7 Å². The lowest BCUT2D eigenvalue weighted by atomic mass is 10.2. The fourth-order valence-electron chi connectivity index (χ4n) is 2.82. The standard InChI is InChI=1S/C24H25N3O5S/c1-2-30-13-14-32-20-6-3-5-18(15-20)23(29)27-24(33)26-19-10-8-17(9-11-19)22(28)25-16-21-7-4-12-31-21/h3-12,15H,2,13-14,16H2,1H3,(H,25,28)(H2,26,27,29,33). The van der Waals surface area contributed by atoms with E-state index in [1.807, 2.05) is 6.92 Å². The van der Waals surface area contributed by atoms with E-state index in [4.69, 9.17) is 26.1 Å². The fourth-order valence-corrected chi connectivity index (χ4v) is 3.03. The molecule has 33 heavy (non-hydrogen) atoms. The van der Waals surface area contributed by atoms with Crippen LogP contribution < -0.4 is 20.7 Å². The number of hydrogen-bond donors (Lipinski definition) is 3. The Kier molecular flexibility index (Phi) is 8.98. The summed E-state index contributed by atoms with van der Waals surface area (Å²) >= 11 is 5.24. The van der Waals surface area contributed by atoms with Crippen molar-refractivity contribution in [1.82, 2.24) is 10.6 Å². The number of ether oxygens (including phenoxy) is 2. The number of thiocarbonyl (C=S) groups is 1. The topological polar surface area (TPSA) is 102 Å². The first-order valence-corrected chi connectivity index (χ1v) is 10.8. The molecule has 3 rings (SSSR count). The zero-order valence-electron chi connectivity index (χ0n) is 18.1. The summed E-state index contributed by atoms with van der Waals surface area (Å²) in [7, 11) is 0. The minimum Gasteiger partial charge on any atom is -0.491 e. The zero-order chi connectivity index (χ0) is 23.5. The Morgan fingerprint density at radius 3 is 2.52 bits per heavy atom. The predicted octanol–water partition coefficient (Wildman–Crippen LogP) is 3.75. The third kappa shape index (κ3) is 7.74. The number of furan rings is 1. The summed E-state index contributed by atoms with van der Waals surface area (Å²) in [5.74, 6) is 0.654. The molecule has 3 aromatic rings. The lowest BCUT2D eigenvalue weighted by molar-refractivity contribution is 0.0946. The molecule has 0 aliphatic heterocycles. The molecule has 1 heterocycles. The van der Waals surface area contributed by atoms with Crippen LogP contribution in [0, 0.1) is 0 Å². The lowest BCUT2D eigenvalue weighted by Crippen LogP contribution is -2.34. The first-order chi connectivity index (χ1) is 16.0. The van der Waals surface area contributed by atoms with Crippen LogP contribution in [0.4, 0.5) is 5.69 Å². The quantitative estimate of drug-likeness (QED) is 0.308. The van der Waals surface area contributed by atoms with Gasteiger partial charge in [-0.2, -0.15) is 0 Å². The second kappa shape index (κ2) is 12.4. The van der Waals surface area contributed by atoms with Crippen molar-refractivity contribution in [3.8, 4) is 5.75 Å². The summed E-state index contributed by atoms with van der Waals surface area (Å²) in [6.07, 6.45) is 1.55. The molecule has 0 bridgehead atoms. The maximum absolute atomic E-state index is 12.5. The van der Waals surface area contributed by atoms with Gasteiger partial charge in [0.25, 0.3) is 11.8 Å². The monoisotopic (exact) mass is 467 g/mol. The molecule has 2 aromatic carbocycles. The molecule has 8 nitrogen and oxygen atoms in total. The van der Waals surface area contributed by atoms with Gasteiger partial charge in [0, 0.05) is 23.4 Å². The van der Waals surface area contributed by atoms with Crippen LogP contribution in [0.15, 0.2) is 71.3 Å². The van der Waals surface area contributed by atoms with Crippen molar-refractivity contribution < 1.29 is 23.5 Å². The second-order valence-corrected chi connectivity index (χ2v) is 7.23. The third-order valence-corrected chi connectivity index (χ3v) is 4.64. The van der Waals surface area contributed by atoms with Crippen LogP contribution in [0.5, 0.6) is 5.75 Å². The highest BCUT2D eigenvalue weighted by atomic mass is 32.1. The smallest absolute Gasteiger partial charge is 0.257 e. The molecule has 1 aromatic heterocycles. The molecule has 0 radical (unpaired) electrons. The SMILES string of the molecule is CCOCCOc1cccc(C(=O)NC(=S)Nc2ccc(C(=O)NCc3ccco3)cc2)c1. The molecule has 0 fully saturated rings. The van der Waals surface area contributed by atoms with E-state index < -0.39 is 0 Å². The normalized spacial score (nSPS) is 10.3. The van der Waals surface area contributed by atoms with E-state index in [2.05, 4.69) is 16.0 Å². The summed E-state index contributed by atoms with van der Waals surface area (Å²) in [6, 6.07) is 17.1. The molecule has 172 valence electrons. The van der Waals surface area contributed by atoms with Crippen LogP contribution in [0.1, 0.15) is 33.4 Å². The summed E-state index contributed by atoms with van der Waals surface area (Å²) in [6.45, 7) is 3.72. The molecule has 0 saturated heterocycles. The Morgan fingerprint density at radius 2 is 1.79 bits per heavy atom. The summed E-state index contributed by atoms with van der Waals surface area (Å²) in [4.78, 5) is 24.7. The highest BCUT2D eigenvalue weighted by Gasteiger charge is 2.10. The molecule has 0 saturated carbocycles. The van der Waals surface area contributed by atoms with E-state index >= 15 is 0 Å². The largest absolute Gasteiger partial charge is 0.491 e. The van der Waals surface area contributed by atoms with E-state index in [-0.39, 0.29) is 16.9 Å². The van der Waals surface area contributed by atoms with E-state index in [0.717, 1.165) is 0 Å². The fraction of sp³-hybridized carbons (Fsp3) is 0.208. The van der Waals surface area contributed by atoms with Crippen LogP contribution in [0.25, 0.3) is 0 Å². The Labute approximate surface area is 197 Å². The maximum atomic E-state index is 12.5. The van der Waals surface area contributed by atoms with E-state index in [1.165, 1.54) is 0 Å². The van der Waals surface area contributed by atoms with Gasteiger partial charge in [-0.25, -0.2) is 0 Å². The predicted molar refractivity (Wildman–Crippen MR) is 128 cm³/mol. The van der Waals surface area contributed by atoms with Gasteiger partial charge in [0.2, 0.25) is 0 Å². The third-order valence-electron chi connectivity index (χ3n) is 4.43. The molecule has 0 spiro atoms. The Bertz CT molecular complexity index is 1070. The van der Waals surface area contributed by atoms with Gasteiger partial charge in [0.15, 0.2) is 5.11 Å². The lowest BCUT2D eigenvalue weighted by Gasteiger charge is -2.11. The minimum atomic E-state index is -0.364. The van der Waals surface area contributed by atoms with Gasteiger partial charge in [0.05, 0.1) is 19.4 Å². The van der Waals surface area contributed by atoms with E-state index in [9.17, 15) is 9.59 Å². The second-order valence-electron chi connectivity index (χ2n) is 6.82. The minimum absolute atomic E-state index is 0.137. The number of hydrogen-bond acceptors (Lipinski definition) is 6. The van der Waals surface area contributed by atoms with E-state index in [1.54, 1.807) is 66.9 Å². The van der Waals surface area contributed by atoms with Gasteiger partial charge in [-0.1, -0.05) is 6.07 Å². The van der Waals surface area contributed by atoms with Gasteiger partial charge >= 0.3 is 0 Å². The molecular formula is C24H25N3O5S. The van der Waals surface area contributed by atoms with Crippen molar-refractivity contribution in [3.63, 3.8) is 0 Å². The number of rotatable bonds is 10. The number of benzene rings is 2. The number of anilines is 1. The van der Waals surface area contributed by atoms with Crippen molar-refractivity contribution in [2.75, 3.05) is 25.1 Å². The average Bonchev–Trinajstić information content (AvgIpc) is 3.35. The molecule has 9 heteroatoms. The Hall–Kier alpha value is -3.69. The van der Waals surface area contributed by atoms with E-state index in [0.29, 0.717) is 54.7 Å². The number of amides is 2. The van der Waals surface area contributed by atoms with Gasteiger partial charge in [-0.3, -0.25) is 14.9 Å². The Balaban J connectivity index is 1.48. The highest BCUT2D eigenvalue weighted by molar-refractivity contribution is 7.80. The molecule has 0 atom stereocenters. The summed E-state index contributed by atoms with van der Waals surface area (Å²) in [5.41, 5.74) is 1.54. The van der Waals surface area contributed by atoms with Crippen LogP contribution >= 0.6 is 12.2 Å². The first kappa shape index (κ1) is 24.0. The first-order valence-electron chi connectivity index (χ1n) is 10.4. The number of nitrogens with one attached hydrogen (secondary N) is 3.